The lowest BCUT2D eigenvalue weighted by atomic mass is 9.96. The molecule has 1 aliphatic heterocycles. The molecule has 0 saturated heterocycles. The molecule has 124 valence electrons. The van der Waals surface area contributed by atoms with E-state index in [1.807, 2.05) is 6.26 Å². The molecule has 4 nitrogen and oxygen atoms in total. The highest BCUT2D eigenvalue weighted by atomic mass is 35.5. The van der Waals surface area contributed by atoms with Crippen LogP contribution in [0.5, 0.6) is 5.75 Å². The molecule has 0 N–H and O–H groups in total. The number of hydrogen-bond acceptors (Lipinski definition) is 5. The van der Waals surface area contributed by atoms with Crippen molar-refractivity contribution in [3.8, 4) is 5.75 Å². The highest BCUT2D eigenvalue weighted by Crippen LogP contribution is 2.46. The summed E-state index contributed by atoms with van der Waals surface area (Å²) in [5.74, 6) is 0.579. The van der Waals surface area contributed by atoms with E-state index in [4.69, 9.17) is 21.1 Å². The molecule has 3 rings (SSSR count). The third-order valence-electron chi connectivity index (χ3n) is 4.34. The molecule has 0 aromatic heterocycles. The minimum Gasteiger partial charge on any atom is -0.492 e. The van der Waals surface area contributed by atoms with Crippen molar-refractivity contribution in [3.05, 3.63) is 22.2 Å². The number of Topliss-reactive ketones (excluding diaryl/α,β-unsaturated/α-hetero) is 2. The van der Waals surface area contributed by atoms with Crippen LogP contribution in [0.4, 0.5) is 0 Å². The van der Waals surface area contributed by atoms with Gasteiger partial charge >= 0.3 is 0 Å². The number of carbonyl (C=O) groups is 2. The third kappa shape index (κ3) is 3.28. The predicted octanol–water partition coefficient (Wildman–Crippen LogP) is 4.08. The van der Waals surface area contributed by atoms with Gasteiger partial charge in [0.2, 0.25) is 0 Å². The Labute approximate surface area is 144 Å². The summed E-state index contributed by atoms with van der Waals surface area (Å²) in [5, 5.41) is 0.359. The SMILES string of the molecule is COC1CCOc2c(SC)cc(C(=O)CC(=O)C3CC3)c(Cl)c21. The van der Waals surface area contributed by atoms with Crippen LogP contribution < -0.4 is 4.74 Å². The summed E-state index contributed by atoms with van der Waals surface area (Å²) in [6.45, 7) is 0.558. The summed E-state index contributed by atoms with van der Waals surface area (Å²) in [6, 6.07) is 1.74. The number of ether oxygens (including phenoxy) is 2. The van der Waals surface area contributed by atoms with Gasteiger partial charge < -0.3 is 9.47 Å². The van der Waals surface area contributed by atoms with Crippen LogP contribution in [-0.2, 0) is 9.53 Å². The van der Waals surface area contributed by atoms with Crippen molar-refractivity contribution in [1.82, 2.24) is 0 Å². The Balaban J connectivity index is 1.99. The minimum absolute atomic E-state index is 0.0223. The number of rotatable bonds is 6. The topological polar surface area (TPSA) is 52.6 Å². The number of hydrogen-bond donors (Lipinski definition) is 0. The fourth-order valence-corrected chi connectivity index (χ4v) is 3.84. The smallest absolute Gasteiger partial charge is 0.171 e. The Morgan fingerprint density at radius 2 is 2.13 bits per heavy atom. The van der Waals surface area contributed by atoms with E-state index in [0.717, 1.165) is 23.3 Å². The average Bonchev–Trinajstić information content (AvgIpc) is 3.39. The maximum Gasteiger partial charge on any atom is 0.171 e. The van der Waals surface area contributed by atoms with Crippen LogP contribution >= 0.6 is 23.4 Å². The molecule has 0 spiro atoms. The number of methoxy groups -OCH3 is 1. The standard InChI is InChI=1S/C17H19ClO4S/c1-21-13-5-6-22-17-14(23-2)7-10(16(18)15(13)17)12(20)8-11(19)9-3-4-9/h7,9,13H,3-6,8H2,1-2H3. The van der Waals surface area contributed by atoms with E-state index in [9.17, 15) is 9.59 Å². The van der Waals surface area contributed by atoms with Crippen molar-refractivity contribution < 1.29 is 19.1 Å². The average molecular weight is 355 g/mol. The molecule has 6 heteroatoms. The lowest BCUT2D eigenvalue weighted by molar-refractivity contribution is -0.119. The van der Waals surface area contributed by atoms with Gasteiger partial charge in [-0.15, -0.1) is 11.8 Å². The monoisotopic (exact) mass is 354 g/mol. The van der Waals surface area contributed by atoms with Crippen molar-refractivity contribution in [1.29, 1.82) is 0 Å². The summed E-state index contributed by atoms with van der Waals surface area (Å²) in [7, 11) is 1.62. The van der Waals surface area contributed by atoms with Crippen LogP contribution in [0.3, 0.4) is 0 Å². The molecule has 0 amide bonds. The van der Waals surface area contributed by atoms with E-state index < -0.39 is 0 Å². The number of fused-ring (bicyclic) bond motifs is 1. The second-order valence-electron chi connectivity index (χ2n) is 5.89. The van der Waals surface area contributed by atoms with Crippen LogP contribution in [0.25, 0.3) is 0 Å². The van der Waals surface area contributed by atoms with Crippen molar-refractivity contribution >= 4 is 34.9 Å². The highest BCUT2D eigenvalue weighted by molar-refractivity contribution is 7.98. The van der Waals surface area contributed by atoms with Gasteiger partial charge in [0.15, 0.2) is 5.78 Å². The Hall–Kier alpha value is -1.04. The first kappa shape index (κ1) is 16.8. The van der Waals surface area contributed by atoms with Gasteiger partial charge in [0.25, 0.3) is 0 Å². The van der Waals surface area contributed by atoms with Crippen LogP contribution in [0.1, 0.15) is 47.7 Å². The molecule has 1 heterocycles. The molecule has 1 aromatic carbocycles. The van der Waals surface area contributed by atoms with E-state index in [0.29, 0.717) is 29.4 Å². The van der Waals surface area contributed by atoms with Gasteiger partial charge in [0, 0.05) is 30.6 Å². The quantitative estimate of drug-likeness (QED) is 0.437. The summed E-state index contributed by atoms with van der Waals surface area (Å²) < 4.78 is 11.3. The Kier molecular flexibility index (Phi) is 4.99. The van der Waals surface area contributed by atoms with E-state index in [-0.39, 0.29) is 30.0 Å². The number of carbonyl (C=O) groups excluding carboxylic acids is 2. The van der Waals surface area contributed by atoms with E-state index in [1.54, 1.807) is 13.2 Å². The maximum atomic E-state index is 12.6. The Morgan fingerprint density at radius 1 is 1.39 bits per heavy atom. The summed E-state index contributed by atoms with van der Waals surface area (Å²) >= 11 is 8.00. The van der Waals surface area contributed by atoms with Crippen molar-refractivity contribution in [2.75, 3.05) is 20.0 Å². The molecule has 1 saturated carbocycles. The van der Waals surface area contributed by atoms with Crippen LogP contribution in [0, 0.1) is 5.92 Å². The first-order valence-electron chi connectivity index (χ1n) is 7.68. The largest absolute Gasteiger partial charge is 0.492 e. The summed E-state index contributed by atoms with van der Waals surface area (Å²) in [5.41, 5.74) is 1.13. The molecule has 1 aliphatic carbocycles. The van der Waals surface area contributed by atoms with E-state index in [1.165, 1.54) is 11.8 Å². The zero-order valence-electron chi connectivity index (χ0n) is 13.2. The van der Waals surface area contributed by atoms with Crippen molar-refractivity contribution in [2.45, 2.75) is 36.7 Å². The van der Waals surface area contributed by atoms with Crippen LogP contribution in [0.15, 0.2) is 11.0 Å². The Bertz CT molecular complexity index is 654. The lowest BCUT2D eigenvalue weighted by Crippen LogP contribution is -2.19. The van der Waals surface area contributed by atoms with Crippen molar-refractivity contribution in [3.63, 3.8) is 0 Å². The number of halogens is 1. The molecule has 1 atom stereocenters. The van der Waals surface area contributed by atoms with Gasteiger partial charge in [-0.05, 0) is 25.2 Å². The Morgan fingerprint density at radius 3 is 2.74 bits per heavy atom. The fraction of sp³-hybridized carbons (Fsp3) is 0.529. The van der Waals surface area contributed by atoms with Gasteiger partial charge in [-0.3, -0.25) is 9.59 Å². The molecule has 23 heavy (non-hydrogen) atoms. The van der Waals surface area contributed by atoms with E-state index in [2.05, 4.69) is 0 Å². The third-order valence-corrected chi connectivity index (χ3v) is 5.49. The van der Waals surface area contributed by atoms with E-state index >= 15 is 0 Å². The number of benzene rings is 1. The zero-order valence-corrected chi connectivity index (χ0v) is 14.8. The minimum atomic E-state index is -0.217. The second-order valence-corrected chi connectivity index (χ2v) is 7.11. The van der Waals surface area contributed by atoms with Crippen LogP contribution in [-0.4, -0.2) is 31.5 Å². The summed E-state index contributed by atoms with van der Waals surface area (Å²) in [6.07, 6.45) is 4.15. The first-order chi connectivity index (χ1) is 11.1. The molecule has 1 aromatic rings. The molecule has 0 radical (unpaired) electrons. The van der Waals surface area contributed by atoms with Crippen molar-refractivity contribution in [2.24, 2.45) is 5.92 Å². The zero-order chi connectivity index (χ0) is 16.6. The second kappa shape index (κ2) is 6.83. The van der Waals surface area contributed by atoms with Gasteiger partial charge in [-0.25, -0.2) is 0 Å². The normalized spacial score (nSPS) is 19.9. The lowest BCUT2D eigenvalue weighted by Gasteiger charge is -2.28. The molecule has 1 fully saturated rings. The van der Waals surface area contributed by atoms with Gasteiger partial charge in [-0.2, -0.15) is 0 Å². The van der Waals surface area contributed by atoms with Gasteiger partial charge in [-0.1, -0.05) is 11.6 Å². The summed E-state index contributed by atoms with van der Waals surface area (Å²) in [4.78, 5) is 25.4. The number of thioether (sulfide) groups is 1. The fourth-order valence-electron chi connectivity index (χ4n) is 2.88. The predicted molar refractivity (Wildman–Crippen MR) is 89.8 cm³/mol. The molecule has 0 bridgehead atoms. The molecule has 2 aliphatic rings. The first-order valence-corrected chi connectivity index (χ1v) is 9.29. The molecular formula is C17H19ClO4S. The van der Waals surface area contributed by atoms with Crippen LogP contribution in [0.2, 0.25) is 5.02 Å². The maximum absolute atomic E-state index is 12.6. The molecular weight excluding hydrogens is 336 g/mol. The number of ketones is 2. The highest BCUT2D eigenvalue weighted by Gasteiger charge is 2.33. The van der Waals surface area contributed by atoms with Gasteiger partial charge in [0.1, 0.15) is 11.5 Å². The molecule has 1 unspecified atom stereocenters. The van der Waals surface area contributed by atoms with Gasteiger partial charge in [0.05, 0.1) is 29.0 Å².